The molecule has 0 aromatic carbocycles. The van der Waals surface area contributed by atoms with E-state index in [-0.39, 0.29) is 47.6 Å². The Morgan fingerprint density at radius 3 is 2.47 bits per heavy atom. The van der Waals surface area contributed by atoms with Crippen LogP contribution in [0.25, 0.3) is 0 Å². The standard InChI is InChI=1S/C24H40N2O5S/c1-9-31-21(30)16-15-10-13(2)24(32-15)17(16)20(29)26(14(3)11-27)18(24)19(28)25-23(7,8)12-22(4,5)6/h13-18,27H,9-12H2,1-8H3,(H,25,28)/t13?,14-,15-,16+,17+,18?,24?/m1/s1. The number of amides is 2. The monoisotopic (exact) mass is 468 g/mol. The summed E-state index contributed by atoms with van der Waals surface area (Å²) in [6.07, 6.45) is 1.55. The summed E-state index contributed by atoms with van der Waals surface area (Å²) in [5, 5.41) is 13.1. The summed E-state index contributed by atoms with van der Waals surface area (Å²) in [6, 6.07) is -1.25. The lowest BCUT2D eigenvalue weighted by Gasteiger charge is -2.42. The number of rotatable bonds is 7. The van der Waals surface area contributed by atoms with Gasteiger partial charge in [0.1, 0.15) is 6.04 Å². The molecule has 0 radical (unpaired) electrons. The first-order chi connectivity index (χ1) is 14.7. The number of carbonyl (C=O) groups is 3. The number of thioether (sulfide) groups is 1. The summed E-state index contributed by atoms with van der Waals surface area (Å²) < 4.78 is 4.66. The molecule has 0 aromatic rings. The molecule has 0 aliphatic carbocycles. The average Bonchev–Trinajstić information content (AvgIpc) is 3.22. The molecule has 3 saturated heterocycles. The van der Waals surface area contributed by atoms with E-state index in [4.69, 9.17) is 4.74 Å². The third kappa shape index (κ3) is 4.06. The summed E-state index contributed by atoms with van der Waals surface area (Å²) in [4.78, 5) is 42.1. The lowest BCUT2D eigenvalue weighted by Crippen LogP contribution is -2.61. The summed E-state index contributed by atoms with van der Waals surface area (Å²) in [5.41, 5.74) is -0.448. The molecular weight excluding hydrogens is 428 g/mol. The van der Waals surface area contributed by atoms with Crippen LogP contribution >= 0.6 is 11.8 Å². The Hall–Kier alpha value is -1.28. The lowest BCUT2D eigenvalue weighted by atomic mass is 9.66. The summed E-state index contributed by atoms with van der Waals surface area (Å²) in [5.74, 6) is -1.80. The van der Waals surface area contributed by atoms with Gasteiger partial charge < -0.3 is 20.1 Å². The summed E-state index contributed by atoms with van der Waals surface area (Å²) >= 11 is 1.63. The minimum atomic E-state index is -0.731. The van der Waals surface area contributed by atoms with Gasteiger partial charge in [0, 0.05) is 10.8 Å². The second kappa shape index (κ2) is 8.49. The second-order valence-corrected chi connectivity index (χ2v) is 13.2. The van der Waals surface area contributed by atoms with Gasteiger partial charge in [-0.3, -0.25) is 14.4 Å². The van der Waals surface area contributed by atoms with Crippen molar-refractivity contribution >= 4 is 29.5 Å². The topological polar surface area (TPSA) is 95.9 Å². The molecule has 3 aliphatic heterocycles. The molecule has 1 spiro atoms. The predicted octanol–water partition coefficient (Wildman–Crippen LogP) is 2.60. The quantitative estimate of drug-likeness (QED) is 0.558. The van der Waals surface area contributed by atoms with Crippen LogP contribution in [-0.2, 0) is 19.1 Å². The zero-order chi connectivity index (χ0) is 24.2. The second-order valence-electron chi connectivity index (χ2n) is 11.7. The smallest absolute Gasteiger partial charge is 0.310 e. The van der Waals surface area contributed by atoms with Crippen molar-refractivity contribution in [3.05, 3.63) is 0 Å². The van der Waals surface area contributed by atoms with Crippen LogP contribution in [0.4, 0.5) is 0 Å². The van der Waals surface area contributed by atoms with Gasteiger partial charge in [0.2, 0.25) is 11.8 Å². The molecule has 3 unspecified atom stereocenters. The Morgan fingerprint density at radius 2 is 1.94 bits per heavy atom. The van der Waals surface area contributed by atoms with Crippen LogP contribution in [0, 0.1) is 23.2 Å². The molecule has 7 nitrogen and oxygen atoms in total. The number of hydrogen-bond donors (Lipinski definition) is 2. The number of nitrogens with zero attached hydrogens (tertiary/aromatic N) is 1. The first-order valence-electron chi connectivity index (χ1n) is 11.8. The number of ether oxygens (including phenoxy) is 1. The minimum absolute atomic E-state index is 0.0179. The fraction of sp³-hybridized carbons (Fsp3) is 0.875. The van der Waals surface area contributed by atoms with Crippen molar-refractivity contribution in [2.45, 2.75) is 95.9 Å². The molecule has 2 N–H and O–H groups in total. The van der Waals surface area contributed by atoms with Crippen molar-refractivity contribution in [2.75, 3.05) is 13.2 Å². The number of nitrogens with one attached hydrogen (secondary N) is 1. The highest BCUT2D eigenvalue weighted by Gasteiger charge is 2.76. The molecule has 32 heavy (non-hydrogen) atoms. The molecule has 182 valence electrons. The first-order valence-corrected chi connectivity index (χ1v) is 12.7. The van der Waals surface area contributed by atoms with Gasteiger partial charge in [-0.2, -0.15) is 0 Å². The molecule has 2 bridgehead atoms. The van der Waals surface area contributed by atoms with Gasteiger partial charge in [-0.25, -0.2) is 0 Å². The van der Waals surface area contributed by atoms with E-state index in [1.54, 1.807) is 30.5 Å². The maximum absolute atomic E-state index is 13.9. The highest BCUT2D eigenvalue weighted by atomic mass is 32.2. The van der Waals surface area contributed by atoms with Crippen molar-refractivity contribution in [2.24, 2.45) is 23.2 Å². The van der Waals surface area contributed by atoms with Crippen molar-refractivity contribution in [3.8, 4) is 0 Å². The fourth-order valence-corrected chi connectivity index (χ4v) is 9.00. The Morgan fingerprint density at radius 1 is 1.31 bits per heavy atom. The van der Waals surface area contributed by atoms with Gasteiger partial charge in [-0.1, -0.05) is 27.7 Å². The molecule has 2 amide bonds. The van der Waals surface area contributed by atoms with Crippen molar-refractivity contribution < 1.29 is 24.2 Å². The molecule has 3 rings (SSSR count). The van der Waals surface area contributed by atoms with E-state index >= 15 is 0 Å². The van der Waals surface area contributed by atoms with Crippen LogP contribution in [0.2, 0.25) is 0 Å². The molecule has 3 heterocycles. The van der Waals surface area contributed by atoms with E-state index in [1.165, 1.54) is 0 Å². The van der Waals surface area contributed by atoms with Gasteiger partial charge in [-0.15, -0.1) is 11.8 Å². The highest BCUT2D eigenvalue weighted by Crippen LogP contribution is 2.68. The van der Waals surface area contributed by atoms with E-state index < -0.39 is 34.2 Å². The van der Waals surface area contributed by atoms with Crippen molar-refractivity contribution in [1.82, 2.24) is 10.2 Å². The van der Waals surface area contributed by atoms with E-state index in [1.807, 2.05) is 13.8 Å². The van der Waals surface area contributed by atoms with E-state index in [2.05, 4.69) is 33.0 Å². The van der Waals surface area contributed by atoms with E-state index in [0.29, 0.717) is 0 Å². The SMILES string of the molecule is CCOC(=O)[C@@H]1[C@H]2C(=O)N([C@H](C)CO)C(C(=O)NC(C)(C)CC(C)(C)C)C23S[C@@H]1CC3C. The molecule has 8 heteroatoms. The van der Waals surface area contributed by atoms with Crippen LogP contribution in [0.1, 0.15) is 68.2 Å². The lowest BCUT2D eigenvalue weighted by molar-refractivity contribution is -0.154. The highest BCUT2D eigenvalue weighted by molar-refractivity contribution is 8.02. The predicted molar refractivity (Wildman–Crippen MR) is 125 cm³/mol. The number of likely N-dealkylation sites (tertiary alicyclic amines) is 1. The van der Waals surface area contributed by atoms with Gasteiger partial charge in [0.15, 0.2) is 0 Å². The number of carbonyl (C=O) groups excluding carboxylic acids is 3. The Labute approximate surface area is 196 Å². The van der Waals surface area contributed by atoms with Gasteiger partial charge >= 0.3 is 5.97 Å². The summed E-state index contributed by atoms with van der Waals surface area (Å²) in [6.45, 7) is 16.0. The number of fused-ring (bicyclic) bond motifs is 1. The third-order valence-electron chi connectivity index (χ3n) is 7.16. The normalized spacial score (nSPS) is 35.1. The Kier molecular flexibility index (Phi) is 6.73. The van der Waals surface area contributed by atoms with Crippen molar-refractivity contribution in [3.63, 3.8) is 0 Å². The maximum Gasteiger partial charge on any atom is 0.310 e. The number of esters is 1. The Bertz CT molecular complexity index is 779. The molecule has 0 aromatic heterocycles. The maximum atomic E-state index is 13.9. The van der Waals surface area contributed by atoms with E-state index in [9.17, 15) is 19.5 Å². The molecule has 7 atom stereocenters. The number of hydrogen-bond acceptors (Lipinski definition) is 6. The summed E-state index contributed by atoms with van der Waals surface area (Å²) in [7, 11) is 0. The van der Waals surface area contributed by atoms with Crippen LogP contribution in [-0.4, -0.2) is 68.6 Å². The molecule has 0 saturated carbocycles. The van der Waals surface area contributed by atoms with Crippen LogP contribution in [0.15, 0.2) is 0 Å². The molecular formula is C24H40N2O5S. The largest absolute Gasteiger partial charge is 0.466 e. The van der Waals surface area contributed by atoms with Crippen LogP contribution < -0.4 is 5.32 Å². The van der Waals surface area contributed by atoms with E-state index in [0.717, 1.165) is 12.8 Å². The zero-order valence-corrected chi connectivity index (χ0v) is 21.5. The molecule has 3 fully saturated rings. The number of aliphatic hydroxyl groups is 1. The van der Waals surface area contributed by atoms with Crippen molar-refractivity contribution in [1.29, 1.82) is 0 Å². The van der Waals surface area contributed by atoms with Gasteiger partial charge in [0.05, 0.1) is 35.8 Å². The zero-order valence-electron chi connectivity index (χ0n) is 20.7. The molecule has 3 aliphatic rings. The van der Waals surface area contributed by atoms with Gasteiger partial charge in [-0.05, 0) is 51.9 Å². The average molecular weight is 469 g/mol. The third-order valence-corrected chi connectivity index (χ3v) is 9.24. The minimum Gasteiger partial charge on any atom is -0.466 e. The van der Waals surface area contributed by atoms with Gasteiger partial charge in [0.25, 0.3) is 0 Å². The van der Waals surface area contributed by atoms with Crippen LogP contribution in [0.3, 0.4) is 0 Å². The van der Waals surface area contributed by atoms with Crippen LogP contribution in [0.5, 0.6) is 0 Å². The fourth-order valence-electron chi connectivity index (χ4n) is 6.60. The first kappa shape index (κ1) is 25.3. The number of aliphatic hydroxyl groups excluding tert-OH is 1. The Balaban J connectivity index is 2.02.